The number of carbonyl (C=O) groups excluding carboxylic acids is 2. The Hall–Kier alpha value is -3.33. The van der Waals surface area contributed by atoms with E-state index in [1.807, 2.05) is 59.0 Å². The molecule has 3 aromatic rings. The molecule has 2 aliphatic heterocycles. The highest BCUT2D eigenvalue weighted by Gasteiger charge is 2.28. The van der Waals surface area contributed by atoms with Crippen molar-refractivity contribution < 1.29 is 14.3 Å². The van der Waals surface area contributed by atoms with Gasteiger partial charge >= 0.3 is 0 Å². The Balaban J connectivity index is 1.27. The minimum absolute atomic E-state index is 0.00226. The summed E-state index contributed by atoms with van der Waals surface area (Å²) < 4.78 is 7.33. The zero-order valence-corrected chi connectivity index (χ0v) is 17.8. The zero-order valence-electron chi connectivity index (χ0n) is 17.0. The smallest absolute Gasteiger partial charge is 0.265 e. The van der Waals surface area contributed by atoms with Crippen molar-refractivity contribution in [1.29, 1.82) is 0 Å². The van der Waals surface area contributed by atoms with Crippen molar-refractivity contribution in [2.75, 3.05) is 28.7 Å². The number of hydrogen-bond acceptors (Lipinski definition) is 6. The molecule has 0 unspecified atom stereocenters. The lowest BCUT2D eigenvalue weighted by Crippen LogP contribution is -2.38. The number of aromatic nitrogens is 3. The van der Waals surface area contributed by atoms with Crippen LogP contribution in [0.3, 0.4) is 0 Å². The molecule has 2 aliphatic rings. The quantitative estimate of drug-likeness (QED) is 0.573. The Bertz CT molecular complexity index is 1160. The second kappa shape index (κ2) is 8.07. The fraction of sp³-hybridized carbons (Fsp3) is 0.273. The summed E-state index contributed by atoms with van der Waals surface area (Å²) >= 11 is 1.36. The minimum Gasteiger partial charge on any atom is -0.482 e. The number of benzene rings is 2. The molecule has 158 valence electrons. The molecule has 31 heavy (non-hydrogen) atoms. The van der Waals surface area contributed by atoms with Crippen LogP contribution in [-0.4, -0.2) is 45.5 Å². The average molecular weight is 436 g/mol. The molecule has 8 nitrogen and oxygen atoms in total. The van der Waals surface area contributed by atoms with Crippen LogP contribution < -0.4 is 14.5 Å². The van der Waals surface area contributed by atoms with Crippen LogP contribution in [0.2, 0.25) is 0 Å². The molecule has 5 rings (SSSR count). The van der Waals surface area contributed by atoms with Crippen molar-refractivity contribution >= 4 is 35.0 Å². The number of thioether (sulfide) groups is 1. The van der Waals surface area contributed by atoms with E-state index in [0.717, 1.165) is 17.8 Å². The van der Waals surface area contributed by atoms with Gasteiger partial charge in [-0.25, -0.2) is 0 Å². The fourth-order valence-electron chi connectivity index (χ4n) is 3.88. The number of rotatable bonds is 5. The van der Waals surface area contributed by atoms with Gasteiger partial charge in [0.1, 0.15) is 5.75 Å². The Morgan fingerprint density at radius 2 is 1.87 bits per heavy atom. The highest BCUT2D eigenvalue weighted by atomic mass is 32.2. The van der Waals surface area contributed by atoms with Crippen molar-refractivity contribution in [1.82, 2.24) is 14.8 Å². The highest BCUT2D eigenvalue weighted by Crippen LogP contribution is 2.33. The standard InChI is InChI=1S/C22H21N5O3S/c1-25-19(12-27-17-8-4-5-9-18(17)30-13-20(27)28)23-24-22(25)31-14-21(29)26-11-10-15-6-2-3-7-16(15)26/h2-9H,10-14H2,1H3. The minimum atomic E-state index is -0.126. The van der Waals surface area contributed by atoms with Crippen molar-refractivity contribution in [2.45, 2.75) is 18.1 Å². The highest BCUT2D eigenvalue weighted by molar-refractivity contribution is 7.99. The number of hydrogen-bond donors (Lipinski definition) is 0. The van der Waals surface area contributed by atoms with Crippen LogP contribution in [0.5, 0.6) is 5.75 Å². The van der Waals surface area contributed by atoms with Crippen molar-refractivity contribution in [3.05, 3.63) is 59.9 Å². The van der Waals surface area contributed by atoms with E-state index in [1.54, 1.807) is 4.90 Å². The van der Waals surface area contributed by atoms with Crippen LogP contribution >= 0.6 is 11.8 Å². The van der Waals surface area contributed by atoms with Crippen molar-refractivity contribution in [3.63, 3.8) is 0 Å². The monoisotopic (exact) mass is 435 g/mol. The summed E-state index contributed by atoms with van der Waals surface area (Å²) in [6, 6.07) is 15.4. The number of amides is 2. The molecule has 0 fully saturated rings. The summed E-state index contributed by atoms with van der Waals surface area (Å²) in [6.07, 6.45) is 0.885. The second-order valence-corrected chi connectivity index (χ2v) is 8.35. The summed E-state index contributed by atoms with van der Waals surface area (Å²) in [5, 5.41) is 9.15. The van der Waals surface area contributed by atoms with Gasteiger partial charge in [-0.05, 0) is 30.2 Å². The molecule has 0 radical (unpaired) electrons. The van der Waals surface area contributed by atoms with Gasteiger partial charge in [-0.15, -0.1) is 10.2 Å². The molecule has 2 amide bonds. The maximum atomic E-state index is 12.8. The van der Waals surface area contributed by atoms with E-state index in [1.165, 1.54) is 17.3 Å². The number of ether oxygens (including phenoxy) is 1. The summed E-state index contributed by atoms with van der Waals surface area (Å²) in [6.45, 7) is 1.00. The largest absolute Gasteiger partial charge is 0.482 e. The van der Waals surface area contributed by atoms with E-state index in [9.17, 15) is 9.59 Å². The van der Waals surface area contributed by atoms with E-state index in [0.29, 0.717) is 23.3 Å². The molecule has 0 bridgehead atoms. The fourth-order valence-corrected chi connectivity index (χ4v) is 4.68. The van der Waals surface area contributed by atoms with Crippen LogP contribution in [0, 0.1) is 0 Å². The first kappa shape index (κ1) is 19.6. The second-order valence-electron chi connectivity index (χ2n) is 7.41. The van der Waals surface area contributed by atoms with Gasteiger partial charge < -0.3 is 14.2 Å². The van der Waals surface area contributed by atoms with Gasteiger partial charge in [-0.1, -0.05) is 42.1 Å². The van der Waals surface area contributed by atoms with Crippen LogP contribution in [0.15, 0.2) is 53.7 Å². The molecule has 0 saturated carbocycles. The third-order valence-corrected chi connectivity index (χ3v) is 6.55. The van der Waals surface area contributed by atoms with Gasteiger partial charge in [0.05, 0.1) is 18.0 Å². The van der Waals surface area contributed by atoms with Crippen LogP contribution in [-0.2, 0) is 29.6 Å². The third-order valence-electron chi connectivity index (χ3n) is 5.55. The van der Waals surface area contributed by atoms with E-state index in [-0.39, 0.29) is 30.7 Å². The molecule has 0 N–H and O–H groups in total. The summed E-state index contributed by atoms with van der Waals surface area (Å²) in [4.78, 5) is 28.7. The Kier molecular flexibility index (Phi) is 5.11. The molecule has 1 aromatic heterocycles. The molecule has 0 saturated heterocycles. The summed E-state index contributed by atoms with van der Waals surface area (Å²) in [7, 11) is 1.85. The lowest BCUT2D eigenvalue weighted by Gasteiger charge is -2.28. The van der Waals surface area contributed by atoms with Crippen molar-refractivity contribution in [2.24, 2.45) is 7.05 Å². The van der Waals surface area contributed by atoms with Gasteiger partial charge in [0.15, 0.2) is 17.6 Å². The van der Waals surface area contributed by atoms with Gasteiger partial charge in [0.2, 0.25) is 5.91 Å². The number of para-hydroxylation sites is 3. The van der Waals surface area contributed by atoms with Gasteiger partial charge in [-0.2, -0.15) is 0 Å². The van der Waals surface area contributed by atoms with Crippen molar-refractivity contribution in [3.8, 4) is 5.75 Å². The normalized spacial score (nSPS) is 14.9. The predicted molar refractivity (Wildman–Crippen MR) is 117 cm³/mol. The van der Waals surface area contributed by atoms with Gasteiger partial charge in [0, 0.05) is 19.3 Å². The van der Waals surface area contributed by atoms with E-state index >= 15 is 0 Å². The van der Waals surface area contributed by atoms with Gasteiger partial charge in [-0.3, -0.25) is 14.5 Å². The third kappa shape index (κ3) is 3.65. The Morgan fingerprint density at radius 3 is 2.74 bits per heavy atom. The number of anilines is 2. The van der Waals surface area contributed by atoms with E-state index in [2.05, 4.69) is 16.3 Å². The maximum absolute atomic E-state index is 12.8. The summed E-state index contributed by atoms with van der Waals surface area (Å²) in [5.41, 5.74) is 2.92. The summed E-state index contributed by atoms with van der Waals surface area (Å²) in [5.74, 6) is 1.53. The Labute approximate surface area is 183 Å². The van der Waals surface area contributed by atoms with Crippen LogP contribution in [0.4, 0.5) is 11.4 Å². The molecule has 0 spiro atoms. The lowest BCUT2D eigenvalue weighted by molar-refractivity contribution is -0.121. The van der Waals surface area contributed by atoms with Gasteiger partial charge in [0.25, 0.3) is 5.91 Å². The first-order valence-corrected chi connectivity index (χ1v) is 11.0. The molecule has 0 atom stereocenters. The maximum Gasteiger partial charge on any atom is 0.265 e. The average Bonchev–Trinajstić information content (AvgIpc) is 3.38. The lowest BCUT2D eigenvalue weighted by atomic mass is 10.2. The number of carbonyl (C=O) groups is 2. The molecule has 2 aromatic carbocycles. The molecular formula is C22H21N5O3S. The number of fused-ring (bicyclic) bond motifs is 2. The van der Waals surface area contributed by atoms with E-state index < -0.39 is 0 Å². The van der Waals surface area contributed by atoms with Crippen LogP contribution in [0.25, 0.3) is 0 Å². The number of nitrogens with zero attached hydrogens (tertiary/aromatic N) is 5. The SMILES string of the molecule is Cn1c(CN2C(=O)COc3ccccc32)nnc1SCC(=O)N1CCc2ccccc21. The molecular weight excluding hydrogens is 414 g/mol. The zero-order chi connectivity index (χ0) is 21.4. The first-order chi connectivity index (χ1) is 15.1. The van der Waals surface area contributed by atoms with E-state index in [4.69, 9.17) is 4.74 Å². The first-order valence-electron chi connectivity index (χ1n) is 10.0. The molecule has 3 heterocycles. The molecule has 0 aliphatic carbocycles. The predicted octanol–water partition coefficient (Wildman–Crippen LogP) is 2.42. The van der Waals surface area contributed by atoms with Crippen LogP contribution in [0.1, 0.15) is 11.4 Å². The Morgan fingerprint density at radius 1 is 1.10 bits per heavy atom. The molecule has 9 heteroatoms. The topological polar surface area (TPSA) is 80.6 Å².